The monoisotopic (exact) mass is 277 g/mol. The Kier molecular flexibility index (Phi) is 5.30. The summed E-state index contributed by atoms with van der Waals surface area (Å²) in [5, 5.41) is 3.50. The minimum Gasteiger partial charge on any atom is -0.497 e. The van der Waals surface area contributed by atoms with E-state index in [1.54, 1.807) is 20.5 Å². The van der Waals surface area contributed by atoms with Gasteiger partial charge in [0.05, 0.1) is 20.5 Å². The highest BCUT2D eigenvalue weighted by atomic mass is 16.5. The fourth-order valence-electron chi connectivity index (χ4n) is 2.33. The Morgan fingerprint density at radius 3 is 2.85 bits per heavy atom. The molecule has 0 aliphatic carbocycles. The van der Waals surface area contributed by atoms with Gasteiger partial charge in [-0.2, -0.15) is 0 Å². The van der Waals surface area contributed by atoms with Crippen LogP contribution in [0.5, 0.6) is 11.5 Å². The molecule has 4 heteroatoms. The number of rotatable bonds is 6. The van der Waals surface area contributed by atoms with Crippen LogP contribution in [0.25, 0.3) is 0 Å². The molecule has 0 saturated carbocycles. The molecule has 1 aliphatic rings. The molecule has 0 amide bonds. The molecular weight excluding hydrogens is 254 g/mol. The van der Waals surface area contributed by atoms with Crippen molar-refractivity contribution in [2.45, 2.75) is 31.9 Å². The Morgan fingerprint density at radius 1 is 1.35 bits per heavy atom. The van der Waals surface area contributed by atoms with Crippen molar-refractivity contribution in [3.63, 3.8) is 0 Å². The van der Waals surface area contributed by atoms with E-state index in [1.807, 2.05) is 18.2 Å². The summed E-state index contributed by atoms with van der Waals surface area (Å²) in [6.45, 7) is 2.95. The lowest BCUT2D eigenvalue weighted by atomic mass is 10.1. The summed E-state index contributed by atoms with van der Waals surface area (Å²) in [5.74, 6) is 1.71. The summed E-state index contributed by atoms with van der Waals surface area (Å²) in [6, 6.07) is 6.03. The first kappa shape index (κ1) is 14.7. The fourth-order valence-corrected chi connectivity index (χ4v) is 2.33. The predicted octanol–water partition coefficient (Wildman–Crippen LogP) is 3.05. The van der Waals surface area contributed by atoms with Gasteiger partial charge in [-0.05, 0) is 44.0 Å². The van der Waals surface area contributed by atoms with E-state index in [1.165, 1.54) is 0 Å². The number of hydrogen-bond donors (Lipinski definition) is 1. The summed E-state index contributed by atoms with van der Waals surface area (Å²) in [4.78, 5) is 0. The first-order chi connectivity index (χ1) is 9.74. The minimum atomic E-state index is 0.176. The standard InChI is InChI=1S/C16H23NO3/c1-12(17-11-14-6-4-5-9-20-14)15-10-13(18-2)7-8-16(15)19-3/h5,7-10,12,14,17H,4,6,11H2,1-3H3. The van der Waals surface area contributed by atoms with Gasteiger partial charge in [-0.1, -0.05) is 0 Å². The van der Waals surface area contributed by atoms with Crippen LogP contribution in [0.2, 0.25) is 0 Å². The Bertz CT molecular complexity index is 459. The van der Waals surface area contributed by atoms with E-state index in [9.17, 15) is 0 Å². The summed E-state index contributed by atoms with van der Waals surface area (Å²) >= 11 is 0. The molecule has 1 aromatic carbocycles. The van der Waals surface area contributed by atoms with Crippen molar-refractivity contribution in [1.82, 2.24) is 5.32 Å². The third-order valence-electron chi connectivity index (χ3n) is 3.58. The van der Waals surface area contributed by atoms with Gasteiger partial charge < -0.3 is 19.5 Å². The van der Waals surface area contributed by atoms with E-state index < -0.39 is 0 Å². The van der Waals surface area contributed by atoms with E-state index in [2.05, 4.69) is 18.3 Å². The maximum Gasteiger partial charge on any atom is 0.123 e. The van der Waals surface area contributed by atoms with E-state index >= 15 is 0 Å². The lowest BCUT2D eigenvalue weighted by Crippen LogP contribution is -2.31. The van der Waals surface area contributed by atoms with Gasteiger partial charge in [0.15, 0.2) is 0 Å². The Morgan fingerprint density at radius 2 is 2.20 bits per heavy atom. The number of ether oxygens (including phenoxy) is 3. The van der Waals surface area contributed by atoms with Crippen LogP contribution >= 0.6 is 0 Å². The highest BCUT2D eigenvalue weighted by molar-refractivity contribution is 5.42. The fraction of sp³-hybridized carbons (Fsp3) is 0.500. The molecule has 1 aromatic rings. The normalized spacial score (nSPS) is 19.2. The average Bonchev–Trinajstić information content (AvgIpc) is 2.52. The van der Waals surface area contributed by atoms with Gasteiger partial charge in [0, 0.05) is 18.2 Å². The lowest BCUT2D eigenvalue weighted by molar-refractivity contribution is 0.119. The van der Waals surface area contributed by atoms with Gasteiger partial charge in [-0.15, -0.1) is 0 Å². The van der Waals surface area contributed by atoms with Gasteiger partial charge in [0.1, 0.15) is 17.6 Å². The number of benzene rings is 1. The van der Waals surface area contributed by atoms with Crippen LogP contribution in [-0.4, -0.2) is 26.9 Å². The SMILES string of the molecule is COc1ccc(OC)c(C(C)NCC2CCC=CO2)c1. The molecule has 4 nitrogen and oxygen atoms in total. The van der Waals surface area contributed by atoms with Crippen LogP contribution in [0.1, 0.15) is 31.4 Å². The topological polar surface area (TPSA) is 39.7 Å². The van der Waals surface area contributed by atoms with Crippen molar-refractivity contribution in [1.29, 1.82) is 0 Å². The Hall–Kier alpha value is -1.68. The van der Waals surface area contributed by atoms with Gasteiger partial charge in [0.25, 0.3) is 0 Å². The van der Waals surface area contributed by atoms with Crippen molar-refractivity contribution in [3.05, 3.63) is 36.1 Å². The molecule has 1 N–H and O–H groups in total. The van der Waals surface area contributed by atoms with E-state index in [0.717, 1.165) is 36.4 Å². The molecule has 2 atom stereocenters. The first-order valence-electron chi connectivity index (χ1n) is 7.00. The predicted molar refractivity (Wildman–Crippen MR) is 79.2 cm³/mol. The van der Waals surface area contributed by atoms with Crippen LogP contribution in [0.15, 0.2) is 30.5 Å². The van der Waals surface area contributed by atoms with Gasteiger partial charge in [-0.3, -0.25) is 0 Å². The lowest BCUT2D eigenvalue weighted by Gasteiger charge is -2.23. The van der Waals surface area contributed by atoms with Crippen LogP contribution in [-0.2, 0) is 4.74 Å². The van der Waals surface area contributed by atoms with Crippen LogP contribution < -0.4 is 14.8 Å². The molecule has 1 aliphatic heterocycles. The number of allylic oxidation sites excluding steroid dienone is 1. The summed E-state index contributed by atoms with van der Waals surface area (Å²) in [7, 11) is 3.36. The maximum absolute atomic E-state index is 5.57. The molecule has 0 radical (unpaired) electrons. The zero-order valence-corrected chi connectivity index (χ0v) is 12.4. The molecule has 1 heterocycles. The van der Waals surface area contributed by atoms with E-state index in [-0.39, 0.29) is 12.1 Å². The molecule has 0 aromatic heterocycles. The van der Waals surface area contributed by atoms with Gasteiger partial charge in [0.2, 0.25) is 0 Å². The van der Waals surface area contributed by atoms with Crippen LogP contribution in [0.4, 0.5) is 0 Å². The number of nitrogens with one attached hydrogen (secondary N) is 1. The largest absolute Gasteiger partial charge is 0.497 e. The molecule has 0 spiro atoms. The molecule has 0 fully saturated rings. The van der Waals surface area contributed by atoms with Crippen molar-refractivity contribution in [2.75, 3.05) is 20.8 Å². The maximum atomic E-state index is 5.57. The summed E-state index contributed by atoms with van der Waals surface area (Å²) in [5.41, 5.74) is 1.10. The second kappa shape index (κ2) is 7.20. The van der Waals surface area contributed by atoms with Crippen LogP contribution in [0.3, 0.4) is 0 Å². The number of hydrogen-bond acceptors (Lipinski definition) is 4. The van der Waals surface area contributed by atoms with Crippen molar-refractivity contribution >= 4 is 0 Å². The van der Waals surface area contributed by atoms with E-state index in [0.29, 0.717) is 0 Å². The minimum absolute atomic E-state index is 0.176. The molecule has 0 bridgehead atoms. The average molecular weight is 277 g/mol. The quantitative estimate of drug-likeness (QED) is 0.867. The molecule has 110 valence electrons. The first-order valence-corrected chi connectivity index (χ1v) is 7.00. The van der Waals surface area contributed by atoms with Crippen molar-refractivity contribution < 1.29 is 14.2 Å². The summed E-state index contributed by atoms with van der Waals surface area (Å²) in [6.07, 6.45) is 6.26. The molecule has 2 rings (SSSR count). The Balaban J connectivity index is 2.00. The molecule has 2 unspecified atom stereocenters. The van der Waals surface area contributed by atoms with Crippen molar-refractivity contribution in [2.24, 2.45) is 0 Å². The third kappa shape index (κ3) is 3.67. The highest BCUT2D eigenvalue weighted by Crippen LogP contribution is 2.29. The van der Waals surface area contributed by atoms with Gasteiger partial charge in [-0.25, -0.2) is 0 Å². The second-order valence-corrected chi connectivity index (χ2v) is 4.95. The molecular formula is C16H23NO3. The molecule has 20 heavy (non-hydrogen) atoms. The smallest absolute Gasteiger partial charge is 0.123 e. The van der Waals surface area contributed by atoms with Crippen molar-refractivity contribution in [3.8, 4) is 11.5 Å². The summed E-state index contributed by atoms with van der Waals surface area (Å²) < 4.78 is 16.3. The third-order valence-corrected chi connectivity index (χ3v) is 3.58. The number of methoxy groups -OCH3 is 2. The highest BCUT2D eigenvalue weighted by Gasteiger charge is 2.16. The van der Waals surface area contributed by atoms with Crippen LogP contribution in [0, 0.1) is 0 Å². The molecule has 0 saturated heterocycles. The second-order valence-electron chi connectivity index (χ2n) is 4.95. The zero-order chi connectivity index (χ0) is 14.4. The Labute approximate surface area is 120 Å². The zero-order valence-electron chi connectivity index (χ0n) is 12.4. The van der Waals surface area contributed by atoms with E-state index in [4.69, 9.17) is 14.2 Å². The van der Waals surface area contributed by atoms with Gasteiger partial charge >= 0.3 is 0 Å².